The van der Waals surface area contributed by atoms with Crippen molar-refractivity contribution in [3.8, 4) is 0 Å². The van der Waals surface area contributed by atoms with E-state index in [0.717, 1.165) is 77.9 Å². The van der Waals surface area contributed by atoms with Gasteiger partial charge in [-0.1, -0.05) is 50.0 Å². The van der Waals surface area contributed by atoms with Crippen LogP contribution in [0.25, 0.3) is 0 Å². The smallest absolute Gasteiger partial charge is 0.144 e. The summed E-state index contributed by atoms with van der Waals surface area (Å²) < 4.78 is 0. The van der Waals surface area contributed by atoms with E-state index in [9.17, 15) is 0 Å². The van der Waals surface area contributed by atoms with Crippen molar-refractivity contribution >= 4 is 52.0 Å². The molecule has 1 radical (unpaired) electrons. The van der Waals surface area contributed by atoms with Gasteiger partial charge >= 0.3 is 0 Å². The molecule has 5 aromatic heterocycles. The zero-order chi connectivity index (χ0) is 36.1. The number of unbranched alkanes of at least 4 members (excludes halogenated alkanes) is 1. The quantitative estimate of drug-likeness (QED) is 0.118. The molecule has 0 saturated carbocycles. The first-order chi connectivity index (χ1) is 26.0. The SMILES string of the molecule is CC(C)c1cc[c-]c(N2[CH-]N(C)c3nccnc32)c1.[Ir].[c-]1ccncc1N1[CH-]N(CCCCN2[CH-]N(c3[c-]ccnc3)c3nccnc32)c2nccnc21. The Balaban J connectivity index is 0.000000191. The summed E-state index contributed by atoms with van der Waals surface area (Å²) in [6.45, 7) is 12.0. The number of nitrogens with zero attached hydrogens (tertiary/aromatic N) is 14. The normalized spacial score (nSPS) is 14.1. The average Bonchev–Trinajstić information content (AvgIpc) is 3.89. The number of fused-ring (bicyclic) bond motifs is 3. The number of anilines is 9. The van der Waals surface area contributed by atoms with Gasteiger partial charge in [0.1, 0.15) is 34.9 Å². The molecule has 0 fully saturated rings. The minimum Gasteiger partial charge on any atom is -0.487 e. The predicted molar refractivity (Wildman–Crippen MR) is 203 cm³/mol. The van der Waals surface area contributed by atoms with E-state index in [-0.39, 0.29) is 20.1 Å². The van der Waals surface area contributed by atoms with E-state index in [0.29, 0.717) is 5.92 Å². The Labute approximate surface area is 329 Å². The first-order valence-electron chi connectivity index (χ1n) is 17.3. The fourth-order valence-corrected chi connectivity index (χ4v) is 6.20. The van der Waals surface area contributed by atoms with Crippen molar-refractivity contribution in [2.24, 2.45) is 0 Å². The van der Waals surface area contributed by atoms with Crippen LogP contribution in [0.15, 0.2) is 92.3 Å². The molecule has 3 aliphatic rings. The Bertz CT molecular complexity index is 2040. The fourth-order valence-electron chi connectivity index (χ4n) is 6.20. The zero-order valence-electron chi connectivity index (χ0n) is 29.9. The third kappa shape index (κ3) is 7.50. The molecule has 0 saturated heterocycles. The van der Waals surface area contributed by atoms with E-state index in [4.69, 9.17) is 0 Å². The Hall–Kier alpha value is -5.79. The van der Waals surface area contributed by atoms with Crippen LogP contribution in [0.5, 0.6) is 0 Å². The topological polar surface area (TPSA) is 123 Å². The van der Waals surface area contributed by atoms with E-state index in [2.05, 4.69) is 93.9 Å². The minimum atomic E-state index is 0. The molecular weight excluding hydrogens is 857 g/mol. The molecule has 0 bridgehead atoms. The van der Waals surface area contributed by atoms with Crippen LogP contribution < -0.4 is 29.4 Å². The minimum absolute atomic E-state index is 0. The third-order valence-corrected chi connectivity index (χ3v) is 8.82. The standard InChI is InChI=1S/C24H20N10.C15H16N4.Ir/c1(13-31-17-33(19-5-3-7-25-15-19)23-21(31)27-9-11-29-23)2-14-32-18-34(20-6-4-8-26-16-20)24-22(32)28-10-12-30-24;1-11(2)12-5-4-6-13(9-12)19-10-18(3)14-15(19)17-8-7-16-14;/h3-4,7-12,15-18H,1-2,13-14H2;4-5,7-11H,1-3H3;/q-4;-2;. The molecule has 0 amide bonds. The van der Waals surface area contributed by atoms with Crippen LogP contribution in [0.2, 0.25) is 0 Å². The number of aromatic nitrogens is 8. The molecule has 0 atom stereocenters. The van der Waals surface area contributed by atoms with Gasteiger partial charge in [-0.2, -0.15) is 48.0 Å². The molecule has 0 spiro atoms. The molecule has 3 aliphatic heterocycles. The Morgan fingerprint density at radius 1 is 0.556 bits per heavy atom. The molecule has 15 heteroatoms. The summed E-state index contributed by atoms with van der Waals surface area (Å²) in [5, 5.41) is 0. The van der Waals surface area contributed by atoms with Gasteiger partial charge in [-0.3, -0.25) is 0 Å². The second-order valence-corrected chi connectivity index (χ2v) is 12.7. The second-order valence-electron chi connectivity index (χ2n) is 12.7. The van der Waals surface area contributed by atoms with Gasteiger partial charge < -0.3 is 39.4 Å². The van der Waals surface area contributed by atoms with Crippen LogP contribution in [0.1, 0.15) is 38.2 Å². The molecule has 14 nitrogen and oxygen atoms in total. The maximum atomic E-state index is 4.55. The molecule has 9 rings (SSSR count). The number of benzene rings is 1. The van der Waals surface area contributed by atoms with Gasteiger partial charge in [0.15, 0.2) is 0 Å². The van der Waals surface area contributed by atoms with Gasteiger partial charge in [0.2, 0.25) is 0 Å². The third-order valence-electron chi connectivity index (χ3n) is 8.82. The first-order valence-corrected chi connectivity index (χ1v) is 17.3. The number of hydrogen-bond acceptors (Lipinski definition) is 14. The zero-order valence-corrected chi connectivity index (χ0v) is 32.3. The van der Waals surface area contributed by atoms with Crippen LogP contribution in [-0.2, 0) is 20.1 Å². The van der Waals surface area contributed by atoms with Crippen molar-refractivity contribution in [3.63, 3.8) is 0 Å². The van der Waals surface area contributed by atoms with E-state index < -0.39 is 0 Å². The maximum Gasteiger partial charge on any atom is 0.144 e. The predicted octanol–water partition coefficient (Wildman–Crippen LogP) is 6.40. The molecular formula is C39H36IrN14-6. The summed E-state index contributed by atoms with van der Waals surface area (Å²) in [6, 6.07) is 19.5. The van der Waals surface area contributed by atoms with Crippen molar-refractivity contribution in [1.82, 2.24) is 39.9 Å². The Kier molecular flexibility index (Phi) is 11.2. The van der Waals surface area contributed by atoms with E-state index in [1.165, 1.54) is 5.56 Å². The van der Waals surface area contributed by atoms with Crippen molar-refractivity contribution in [2.75, 3.05) is 49.5 Å². The summed E-state index contributed by atoms with van der Waals surface area (Å²) >= 11 is 0. The molecule has 0 aliphatic carbocycles. The molecule has 6 aromatic rings. The largest absolute Gasteiger partial charge is 0.487 e. The summed E-state index contributed by atoms with van der Waals surface area (Å²) in [6.07, 6.45) is 19.1. The van der Waals surface area contributed by atoms with E-state index in [1.807, 2.05) is 52.7 Å². The van der Waals surface area contributed by atoms with Crippen LogP contribution >= 0.6 is 0 Å². The van der Waals surface area contributed by atoms with Crippen molar-refractivity contribution in [1.29, 1.82) is 0 Å². The number of rotatable bonds is 9. The summed E-state index contributed by atoms with van der Waals surface area (Å²) in [7, 11) is 1.97. The average molecular weight is 893 g/mol. The molecule has 0 unspecified atom stereocenters. The van der Waals surface area contributed by atoms with Gasteiger partial charge in [0.25, 0.3) is 0 Å². The van der Waals surface area contributed by atoms with Gasteiger partial charge in [-0.25, -0.2) is 29.9 Å². The van der Waals surface area contributed by atoms with E-state index >= 15 is 0 Å². The van der Waals surface area contributed by atoms with E-state index in [1.54, 1.807) is 74.1 Å². The summed E-state index contributed by atoms with van der Waals surface area (Å²) in [4.78, 5) is 47.5. The Morgan fingerprint density at radius 3 is 1.48 bits per heavy atom. The van der Waals surface area contributed by atoms with Crippen LogP contribution in [0, 0.1) is 38.2 Å². The van der Waals surface area contributed by atoms with Gasteiger partial charge in [-0.15, -0.1) is 31.8 Å². The van der Waals surface area contributed by atoms with Crippen LogP contribution in [-0.4, -0.2) is 60.0 Å². The molecule has 54 heavy (non-hydrogen) atoms. The van der Waals surface area contributed by atoms with Crippen molar-refractivity contribution in [3.05, 3.63) is 136 Å². The second kappa shape index (κ2) is 16.5. The molecule has 277 valence electrons. The van der Waals surface area contributed by atoms with Crippen molar-refractivity contribution in [2.45, 2.75) is 32.6 Å². The van der Waals surface area contributed by atoms with Crippen LogP contribution in [0.4, 0.5) is 52.0 Å². The van der Waals surface area contributed by atoms with Crippen molar-refractivity contribution < 1.29 is 20.1 Å². The van der Waals surface area contributed by atoms with Gasteiger partial charge in [-0.05, 0) is 38.9 Å². The molecule has 0 N–H and O–H groups in total. The molecule has 8 heterocycles. The monoisotopic (exact) mass is 893 g/mol. The maximum absolute atomic E-state index is 4.55. The summed E-state index contributed by atoms with van der Waals surface area (Å²) in [5.41, 5.74) is 3.96. The van der Waals surface area contributed by atoms with Gasteiger partial charge in [0, 0.05) is 57.3 Å². The fraction of sp³-hybridized carbons (Fsp3) is 0.205. The van der Waals surface area contributed by atoms with Gasteiger partial charge in [0.05, 0.1) is 0 Å². The van der Waals surface area contributed by atoms with Crippen LogP contribution in [0.3, 0.4) is 0 Å². The first kappa shape index (κ1) is 36.6. The summed E-state index contributed by atoms with van der Waals surface area (Å²) in [5.74, 6) is 5.45. The number of hydrogen-bond donors (Lipinski definition) is 0. The number of pyridine rings is 2. The Morgan fingerprint density at radius 2 is 1.00 bits per heavy atom. The molecule has 1 aromatic carbocycles.